The number of amides is 2. The van der Waals surface area contributed by atoms with Crippen LogP contribution in [0.4, 0.5) is 0 Å². The van der Waals surface area contributed by atoms with Crippen LogP contribution in [0, 0.1) is 5.92 Å². The number of carbonyl (C=O) groups is 2. The van der Waals surface area contributed by atoms with Gasteiger partial charge in [0, 0.05) is 32.6 Å². The molecule has 1 atom stereocenters. The topological polar surface area (TPSA) is 52.7 Å². The van der Waals surface area contributed by atoms with E-state index in [0.29, 0.717) is 18.8 Å². The molecule has 0 radical (unpaired) electrons. The molecule has 0 bridgehead atoms. The molecule has 0 aromatic carbocycles. The summed E-state index contributed by atoms with van der Waals surface area (Å²) in [6.07, 6.45) is 1.13. The van der Waals surface area contributed by atoms with Crippen LogP contribution < -0.4 is 5.32 Å². The summed E-state index contributed by atoms with van der Waals surface area (Å²) in [5.74, 6) is 0.412. The maximum Gasteiger partial charge on any atom is 0.245 e. The third kappa shape index (κ3) is 5.19. The molecule has 0 aliphatic carbocycles. The predicted molar refractivity (Wildman–Crippen MR) is 75.8 cm³/mol. The monoisotopic (exact) mass is 269 g/mol. The highest BCUT2D eigenvalue weighted by atomic mass is 16.2. The molecule has 1 fully saturated rings. The fourth-order valence-corrected chi connectivity index (χ4v) is 2.24. The second kappa shape index (κ2) is 7.48. The zero-order chi connectivity index (χ0) is 14.4. The van der Waals surface area contributed by atoms with Crippen LogP contribution in [0.1, 0.15) is 33.6 Å². The maximum absolute atomic E-state index is 12.5. The van der Waals surface area contributed by atoms with E-state index in [0.717, 1.165) is 26.2 Å². The van der Waals surface area contributed by atoms with Crippen molar-refractivity contribution in [1.82, 2.24) is 15.1 Å². The van der Waals surface area contributed by atoms with Gasteiger partial charge in [0.2, 0.25) is 11.8 Å². The number of rotatable bonds is 5. The SMILES string of the molecule is CCC(=O)N[C@H](CC(C)C)C(=O)N1CCN(C)CC1. The zero-order valence-electron chi connectivity index (χ0n) is 12.6. The summed E-state index contributed by atoms with van der Waals surface area (Å²) in [6.45, 7) is 9.27. The standard InChI is InChI=1S/C14H27N3O2/c1-5-13(18)15-12(10-11(2)3)14(19)17-8-6-16(4)7-9-17/h11-12H,5-10H2,1-4H3,(H,15,18)/t12-/m1/s1. The lowest BCUT2D eigenvalue weighted by Crippen LogP contribution is -2.54. The van der Waals surface area contributed by atoms with Crippen molar-refractivity contribution in [3.8, 4) is 0 Å². The Bertz CT molecular complexity index is 310. The highest BCUT2D eigenvalue weighted by Crippen LogP contribution is 2.10. The first-order valence-electron chi connectivity index (χ1n) is 7.20. The summed E-state index contributed by atoms with van der Waals surface area (Å²) < 4.78 is 0. The minimum absolute atomic E-state index is 0.0480. The molecule has 5 heteroatoms. The Kier molecular flexibility index (Phi) is 6.28. The van der Waals surface area contributed by atoms with E-state index in [2.05, 4.69) is 31.1 Å². The number of hydrogen-bond donors (Lipinski definition) is 1. The molecule has 1 rings (SSSR count). The Hall–Kier alpha value is -1.10. The second-order valence-electron chi connectivity index (χ2n) is 5.73. The van der Waals surface area contributed by atoms with E-state index in [1.807, 2.05) is 11.8 Å². The first-order valence-corrected chi connectivity index (χ1v) is 7.20. The summed E-state index contributed by atoms with van der Waals surface area (Å²) in [7, 11) is 2.06. The molecule has 1 aliphatic heterocycles. The van der Waals surface area contributed by atoms with Crippen molar-refractivity contribution in [3.05, 3.63) is 0 Å². The van der Waals surface area contributed by atoms with Gasteiger partial charge in [0.05, 0.1) is 0 Å². The van der Waals surface area contributed by atoms with E-state index in [1.54, 1.807) is 0 Å². The molecule has 110 valence electrons. The fraction of sp³-hybridized carbons (Fsp3) is 0.857. The van der Waals surface area contributed by atoms with E-state index in [9.17, 15) is 9.59 Å². The lowest BCUT2D eigenvalue weighted by molar-refractivity contribution is -0.138. The van der Waals surface area contributed by atoms with Crippen molar-refractivity contribution in [2.24, 2.45) is 5.92 Å². The summed E-state index contributed by atoms with van der Waals surface area (Å²) in [6, 6.07) is -0.365. The highest BCUT2D eigenvalue weighted by Gasteiger charge is 2.28. The molecular formula is C14H27N3O2. The number of nitrogens with zero attached hydrogens (tertiary/aromatic N) is 2. The Morgan fingerprint density at radius 1 is 1.16 bits per heavy atom. The van der Waals surface area contributed by atoms with Gasteiger partial charge >= 0.3 is 0 Å². The van der Waals surface area contributed by atoms with Crippen LogP contribution in [0.25, 0.3) is 0 Å². The van der Waals surface area contributed by atoms with Crippen molar-refractivity contribution >= 4 is 11.8 Å². The molecule has 1 N–H and O–H groups in total. The summed E-state index contributed by atoms with van der Waals surface area (Å²) in [5.41, 5.74) is 0. The average molecular weight is 269 g/mol. The van der Waals surface area contributed by atoms with Gasteiger partial charge in [-0.3, -0.25) is 9.59 Å². The van der Waals surface area contributed by atoms with Crippen molar-refractivity contribution in [2.45, 2.75) is 39.7 Å². The largest absolute Gasteiger partial charge is 0.344 e. The fourth-order valence-electron chi connectivity index (χ4n) is 2.24. The van der Waals surface area contributed by atoms with Crippen molar-refractivity contribution in [2.75, 3.05) is 33.2 Å². The van der Waals surface area contributed by atoms with Gasteiger partial charge in [-0.25, -0.2) is 0 Å². The summed E-state index contributed by atoms with van der Waals surface area (Å²) in [4.78, 5) is 28.1. The van der Waals surface area contributed by atoms with Gasteiger partial charge in [0.25, 0.3) is 0 Å². The van der Waals surface area contributed by atoms with E-state index in [1.165, 1.54) is 0 Å². The Morgan fingerprint density at radius 2 is 1.74 bits per heavy atom. The van der Waals surface area contributed by atoms with Crippen LogP contribution in [-0.4, -0.2) is 60.9 Å². The normalized spacial score (nSPS) is 18.5. The van der Waals surface area contributed by atoms with Gasteiger partial charge in [-0.05, 0) is 19.4 Å². The van der Waals surface area contributed by atoms with E-state index >= 15 is 0 Å². The molecule has 0 spiro atoms. The van der Waals surface area contributed by atoms with E-state index in [4.69, 9.17) is 0 Å². The van der Waals surface area contributed by atoms with Crippen LogP contribution in [-0.2, 0) is 9.59 Å². The van der Waals surface area contributed by atoms with Gasteiger partial charge in [0.1, 0.15) is 6.04 Å². The summed E-state index contributed by atoms with van der Waals surface area (Å²) in [5, 5.41) is 2.86. The molecule has 5 nitrogen and oxygen atoms in total. The lowest BCUT2D eigenvalue weighted by atomic mass is 10.0. The predicted octanol–water partition coefficient (Wildman–Crippen LogP) is 0.701. The second-order valence-corrected chi connectivity index (χ2v) is 5.73. The third-order valence-electron chi connectivity index (χ3n) is 3.48. The zero-order valence-corrected chi connectivity index (χ0v) is 12.6. The minimum atomic E-state index is -0.365. The minimum Gasteiger partial charge on any atom is -0.344 e. The lowest BCUT2D eigenvalue weighted by Gasteiger charge is -2.35. The molecule has 0 saturated carbocycles. The molecule has 1 saturated heterocycles. The Morgan fingerprint density at radius 3 is 2.21 bits per heavy atom. The van der Waals surface area contributed by atoms with Gasteiger partial charge in [-0.2, -0.15) is 0 Å². The molecule has 0 unspecified atom stereocenters. The molecular weight excluding hydrogens is 242 g/mol. The number of carbonyl (C=O) groups excluding carboxylic acids is 2. The highest BCUT2D eigenvalue weighted by molar-refractivity contribution is 5.87. The Balaban J connectivity index is 2.62. The van der Waals surface area contributed by atoms with Crippen molar-refractivity contribution < 1.29 is 9.59 Å². The summed E-state index contributed by atoms with van der Waals surface area (Å²) >= 11 is 0. The van der Waals surface area contributed by atoms with E-state index in [-0.39, 0.29) is 17.9 Å². The Labute approximate surface area is 116 Å². The third-order valence-corrected chi connectivity index (χ3v) is 3.48. The average Bonchev–Trinajstić information content (AvgIpc) is 2.37. The molecule has 0 aromatic rings. The van der Waals surface area contributed by atoms with Crippen LogP contribution in [0.5, 0.6) is 0 Å². The number of piperazine rings is 1. The van der Waals surface area contributed by atoms with Crippen molar-refractivity contribution in [3.63, 3.8) is 0 Å². The van der Waals surface area contributed by atoms with Gasteiger partial charge in [-0.1, -0.05) is 20.8 Å². The smallest absolute Gasteiger partial charge is 0.245 e. The molecule has 2 amide bonds. The first kappa shape index (κ1) is 16.0. The number of likely N-dealkylation sites (N-methyl/N-ethyl adjacent to an activating group) is 1. The quantitative estimate of drug-likeness (QED) is 0.799. The van der Waals surface area contributed by atoms with Crippen LogP contribution in [0.2, 0.25) is 0 Å². The van der Waals surface area contributed by atoms with E-state index < -0.39 is 0 Å². The first-order chi connectivity index (χ1) is 8.93. The van der Waals surface area contributed by atoms with Gasteiger partial charge < -0.3 is 15.1 Å². The molecule has 1 heterocycles. The van der Waals surface area contributed by atoms with Crippen LogP contribution in [0.15, 0.2) is 0 Å². The number of nitrogens with one attached hydrogen (secondary N) is 1. The maximum atomic E-state index is 12.5. The van der Waals surface area contributed by atoms with Gasteiger partial charge in [-0.15, -0.1) is 0 Å². The van der Waals surface area contributed by atoms with Gasteiger partial charge in [0.15, 0.2) is 0 Å². The molecule has 19 heavy (non-hydrogen) atoms. The van der Waals surface area contributed by atoms with Crippen molar-refractivity contribution in [1.29, 1.82) is 0 Å². The molecule has 1 aliphatic rings. The van der Waals surface area contributed by atoms with Crippen LogP contribution >= 0.6 is 0 Å². The van der Waals surface area contributed by atoms with Crippen LogP contribution in [0.3, 0.4) is 0 Å². The number of hydrogen-bond acceptors (Lipinski definition) is 3. The molecule has 0 aromatic heterocycles.